The number of carbonyl (C=O) groups excluding carboxylic acids is 1. The molecule has 0 radical (unpaired) electrons. The largest absolute Gasteiger partial charge is 0.390 e. The molecule has 100 valence electrons. The molecule has 0 spiro atoms. The van der Waals surface area contributed by atoms with Gasteiger partial charge in [-0.3, -0.25) is 4.79 Å². The van der Waals surface area contributed by atoms with Crippen LogP contribution in [0, 0.1) is 11.3 Å². The number of hydrogen-bond acceptors (Lipinski definition) is 3. The van der Waals surface area contributed by atoms with Gasteiger partial charge in [0, 0.05) is 25.8 Å². The van der Waals surface area contributed by atoms with E-state index in [4.69, 9.17) is 5.26 Å². The van der Waals surface area contributed by atoms with Crippen molar-refractivity contribution < 1.29 is 4.79 Å². The molecule has 0 aromatic heterocycles. The molecule has 0 aromatic rings. The zero-order valence-corrected chi connectivity index (χ0v) is 11.4. The summed E-state index contributed by atoms with van der Waals surface area (Å²) < 4.78 is 0. The number of hydrogen-bond donors (Lipinski definition) is 1. The topological polar surface area (TPSA) is 56.1 Å². The third-order valence-electron chi connectivity index (χ3n) is 3.43. The molecule has 1 amide bonds. The van der Waals surface area contributed by atoms with Crippen LogP contribution in [0.1, 0.15) is 45.4 Å². The van der Waals surface area contributed by atoms with Gasteiger partial charge in [-0.1, -0.05) is 26.2 Å². The molecular formula is C14H23N3O. The smallest absolute Gasteiger partial charge is 0.265 e. The highest BCUT2D eigenvalue weighted by molar-refractivity contribution is 5.97. The van der Waals surface area contributed by atoms with Gasteiger partial charge >= 0.3 is 0 Å². The summed E-state index contributed by atoms with van der Waals surface area (Å²) in [6.45, 7) is 2.83. The van der Waals surface area contributed by atoms with E-state index in [9.17, 15) is 4.79 Å². The summed E-state index contributed by atoms with van der Waals surface area (Å²) in [5.74, 6) is -0.159. The predicted molar refractivity (Wildman–Crippen MR) is 71.6 cm³/mol. The number of nitrogens with one attached hydrogen (secondary N) is 1. The van der Waals surface area contributed by atoms with Crippen molar-refractivity contribution in [2.75, 3.05) is 13.6 Å². The molecule has 0 aliphatic heterocycles. The first-order valence-electron chi connectivity index (χ1n) is 6.81. The Morgan fingerprint density at radius 3 is 2.67 bits per heavy atom. The summed E-state index contributed by atoms with van der Waals surface area (Å²) in [5, 5.41) is 12.0. The van der Waals surface area contributed by atoms with E-state index >= 15 is 0 Å². The molecule has 1 saturated carbocycles. The first kappa shape index (κ1) is 14.6. The number of carbonyl (C=O) groups is 1. The number of amides is 1. The molecule has 0 unspecified atom stereocenters. The number of nitriles is 1. The van der Waals surface area contributed by atoms with Gasteiger partial charge in [-0.2, -0.15) is 5.26 Å². The Kier molecular flexibility index (Phi) is 6.27. The van der Waals surface area contributed by atoms with Crippen LogP contribution >= 0.6 is 0 Å². The van der Waals surface area contributed by atoms with Gasteiger partial charge in [-0.05, 0) is 19.3 Å². The molecule has 0 heterocycles. The maximum atomic E-state index is 12.2. The van der Waals surface area contributed by atoms with Crippen LogP contribution in [-0.4, -0.2) is 30.4 Å². The summed E-state index contributed by atoms with van der Waals surface area (Å²) >= 11 is 0. The lowest BCUT2D eigenvalue weighted by Crippen LogP contribution is -2.39. The second-order valence-corrected chi connectivity index (χ2v) is 4.83. The molecule has 18 heavy (non-hydrogen) atoms. The van der Waals surface area contributed by atoms with Crippen molar-refractivity contribution in [1.29, 1.82) is 5.26 Å². The fourth-order valence-electron chi connectivity index (χ4n) is 2.28. The minimum Gasteiger partial charge on any atom is -0.390 e. The Labute approximate surface area is 110 Å². The summed E-state index contributed by atoms with van der Waals surface area (Å²) in [7, 11) is 1.81. The summed E-state index contributed by atoms with van der Waals surface area (Å²) in [6, 6.07) is 2.29. The van der Waals surface area contributed by atoms with Crippen molar-refractivity contribution in [2.45, 2.75) is 51.5 Å². The van der Waals surface area contributed by atoms with Crippen LogP contribution in [0.15, 0.2) is 11.8 Å². The Balaban J connectivity index is 2.59. The molecule has 4 nitrogen and oxygen atoms in total. The standard InChI is InChI=1S/C14H23N3O/c1-3-9-16-11-12(10-15)14(18)17(2)13-7-5-4-6-8-13/h11,13,16H,3-9H2,1-2H3/b12-11-. The van der Waals surface area contributed by atoms with E-state index < -0.39 is 0 Å². The van der Waals surface area contributed by atoms with Crippen molar-refractivity contribution in [1.82, 2.24) is 10.2 Å². The quantitative estimate of drug-likeness (QED) is 0.461. The van der Waals surface area contributed by atoms with Crippen molar-refractivity contribution >= 4 is 5.91 Å². The monoisotopic (exact) mass is 249 g/mol. The van der Waals surface area contributed by atoms with E-state index in [1.807, 2.05) is 20.0 Å². The Hall–Kier alpha value is -1.50. The lowest BCUT2D eigenvalue weighted by molar-refractivity contribution is -0.128. The second kappa shape index (κ2) is 7.75. The van der Waals surface area contributed by atoms with Crippen LogP contribution < -0.4 is 5.32 Å². The average Bonchev–Trinajstić information content (AvgIpc) is 2.43. The van der Waals surface area contributed by atoms with Crippen molar-refractivity contribution in [2.24, 2.45) is 0 Å². The van der Waals surface area contributed by atoms with E-state index in [0.29, 0.717) is 6.04 Å². The van der Waals surface area contributed by atoms with Gasteiger partial charge in [0.25, 0.3) is 5.91 Å². The fraction of sp³-hybridized carbons (Fsp3) is 0.714. The van der Waals surface area contributed by atoms with E-state index in [-0.39, 0.29) is 11.5 Å². The first-order chi connectivity index (χ1) is 8.70. The molecule has 4 heteroatoms. The fourth-order valence-corrected chi connectivity index (χ4v) is 2.28. The van der Waals surface area contributed by atoms with Crippen LogP contribution in [0.25, 0.3) is 0 Å². The molecule has 0 atom stereocenters. The van der Waals surface area contributed by atoms with Crippen molar-refractivity contribution in [3.63, 3.8) is 0 Å². The Morgan fingerprint density at radius 1 is 1.44 bits per heavy atom. The number of nitrogens with zero attached hydrogens (tertiary/aromatic N) is 2. The van der Waals surface area contributed by atoms with Crippen LogP contribution in [0.4, 0.5) is 0 Å². The van der Waals surface area contributed by atoms with E-state index in [1.54, 1.807) is 11.1 Å². The molecule has 1 aliphatic rings. The molecular weight excluding hydrogens is 226 g/mol. The third-order valence-corrected chi connectivity index (χ3v) is 3.43. The van der Waals surface area contributed by atoms with Crippen LogP contribution in [-0.2, 0) is 4.79 Å². The minimum atomic E-state index is -0.159. The van der Waals surface area contributed by atoms with Gasteiger partial charge in [0.1, 0.15) is 11.6 Å². The van der Waals surface area contributed by atoms with Crippen molar-refractivity contribution in [3.8, 4) is 6.07 Å². The lowest BCUT2D eigenvalue weighted by Gasteiger charge is -2.31. The highest BCUT2D eigenvalue weighted by Gasteiger charge is 2.24. The third kappa shape index (κ3) is 4.06. The van der Waals surface area contributed by atoms with Gasteiger partial charge < -0.3 is 10.2 Å². The molecule has 1 aliphatic carbocycles. The van der Waals surface area contributed by atoms with Crippen molar-refractivity contribution in [3.05, 3.63) is 11.8 Å². The minimum absolute atomic E-state index is 0.159. The SMILES string of the molecule is CCCN/C=C(/C#N)C(=O)N(C)C1CCCCC1. The summed E-state index contributed by atoms with van der Waals surface area (Å²) in [6.07, 6.45) is 8.27. The van der Waals surface area contributed by atoms with E-state index in [2.05, 4.69) is 5.32 Å². The maximum Gasteiger partial charge on any atom is 0.265 e. The van der Waals surface area contributed by atoms with Gasteiger partial charge in [-0.25, -0.2) is 0 Å². The van der Waals surface area contributed by atoms with Gasteiger partial charge in [-0.15, -0.1) is 0 Å². The molecule has 1 N–H and O–H groups in total. The molecule has 0 saturated heterocycles. The molecule has 1 rings (SSSR count). The zero-order valence-electron chi connectivity index (χ0n) is 11.4. The second-order valence-electron chi connectivity index (χ2n) is 4.83. The number of rotatable bonds is 5. The normalized spacial score (nSPS) is 17.1. The molecule has 0 aromatic carbocycles. The molecule has 0 bridgehead atoms. The van der Waals surface area contributed by atoms with Gasteiger partial charge in [0.2, 0.25) is 0 Å². The lowest BCUT2D eigenvalue weighted by atomic mass is 9.94. The highest BCUT2D eigenvalue weighted by atomic mass is 16.2. The van der Waals surface area contributed by atoms with Crippen LogP contribution in [0.5, 0.6) is 0 Å². The summed E-state index contributed by atoms with van der Waals surface area (Å²) in [5.41, 5.74) is 0.205. The maximum absolute atomic E-state index is 12.2. The summed E-state index contributed by atoms with van der Waals surface area (Å²) in [4.78, 5) is 13.9. The highest BCUT2D eigenvalue weighted by Crippen LogP contribution is 2.22. The Bertz CT molecular complexity index is 337. The van der Waals surface area contributed by atoms with Gasteiger partial charge in [0.05, 0.1) is 0 Å². The molecule has 1 fully saturated rings. The zero-order chi connectivity index (χ0) is 13.4. The Morgan fingerprint density at radius 2 is 2.11 bits per heavy atom. The first-order valence-corrected chi connectivity index (χ1v) is 6.81. The number of likely N-dealkylation sites (N-methyl/N-ethyl adjacent to an activating group) is 1. The van der Waals surface area contributed by atoms with Crippen LogP contribution in [0.2, 0.25) is 0 Å². The average molecular weight is 249 g/mol. The predicted octanol–water partition coefficient (Wildman–Crippen LogP) is 2.18. The van der Waals surface area contributed by atoms with Crippen LogP contribution in [0.3, 0.4) is 0 Å². The van der Waals surface area contributed by atoms with E-state index in [0.717, 1.165) is 25.8 Å². The van der Waals surface area contributed by atoms with Gasteiger partial charge in [0.15, 0.2) is 0 Å². The van der Waals surface area contributed by atoms with E-state index in [1.165, 1.54) is 19.3 Å².